The normalized spacial score (nSPS) is 16.2. The van der Waals surface area contributed by atoms with E-state index in [4.69, 9.17) is 12.2 Å². The van der Waals surface area contributed by atoms with Gasteiger partial charge in [-0.05, 0) is 29.3 Å². The molecule has 0 aromatic heterocycles. The molecule has 30 heavy (non-hydrogen) atoms. The van der Waals surface area contributed by atoms with Crippen molar-refractivity contribution in [2.24, 2.45) is 0 Å². The summed E-state index contributed by atoms with van der Waals surface area (Å²) in [5, 5.41) is 19.6. The Bertz CT molecular complexity index is 961. The van der Waals surface area contributed by atoms with E-state index >= 15 is 0 Å². The molecule has 0 spiro atoms. The molecule has 6 nitrogen and oxygen atoms in total. The third-order valence-electron chi connectivity index (χ3n) is 4.67. The SMILES string of the molecule is CN(C[C@H](O)c1ccc(O)cc1)C(=O)CCN1C(=O)/C(=C\c2ccccc2)SC1=S. The van der Waals surface area contributed by atoms with Gasteiger partial charge in [-0.2, -0.15) is 0 Å². The number of carbonyl (C=O) groups excluding carboxylic acids is 2. The summed E-state index contributed by atoms with van der Waals surface area (Å²) in [7, 11) is 1.60. The summed E-state index contributed by atoms with van der Waals surface area (Å²) in [4.78, 5) is 28.5. The number of thioether (sulfide) groups is 1. The Morgan fingerprint density at radius 3 is 2.53 bits per heavy atom. The van der Waals surface area contributed by atoms with Gasteiger partial charge in [0.2, 0.25) is 5.91 Å². The van der Waals surface area contributed by atoms with Crippen molar-refractivity contribution in [2.75, 3.05) is 20.1 Å². The number of hydrogen-bond acceptors (Lipinski definition) is 6. The number of rotatable bonds is 7. The zero-order valence-corrected chi connectivity index (χ0v) is 18.0. The van der Waals surface area contributed by atoms with Crippen LogP contribution in [0.15, 0.2) is 59.5 Å². The van der Waals surface area contributed by atoms with E-state index in [2.05, 4.69) is 0 Å². The summed E-state index contributed by atoms with van der Waals surface area (Å²) in [6.07, 6.45) is 1.02. The van der Waals surface area contributed by atoms with Crippen molar-refractivity contribution >= 4 is 46.2 Å². The molecule has 2 amide bonds. The summed E-state index contributed by atoms with van der Waals surface area (Å²) in [5.41, 5.74) is 1.52. The largest absolute Gasteiger partial charge is 0.508 e. The number of benzene rings is 2. The number of nitrogens with zero attached hydrogens (tertiary/aromatic N) is 2. The molecule has 2 aromatic rings. The molecule has 8 heteroatoms. The molecule has 1 fully saturated rings. The van der Waals surface area contributed by atoms with Gasteiger partial charge in [0.05, 0.1) is 17.6 Å². The van der Waals surface area contributed by atoms with E-state index in [1.54, 1.807) is 25.3 Å². The molecule has 0 saturated carbocycles. The number of phenolic OH excluding ortho intramolecular Hbond substituents is 1. The first-order chi connectivity index (χ1) is 14.3. The zero-order valence-electron chi connectivity index (χ0n) is 16.4. The maximum Gasteiger partial charge on any atom is 0.266 e. The fourth-order valence-electron chi connectivity index (χ4n) is 2.95. The quantitative estimate of drug-likeness (QED) is 0.506. The maximum absolute atomic E-state index is 12.7. The van der Waals surface area contributed by atoms with Crippen LogP contribution < -0.4 is 0 Å². The minimum absolute atomic E-state index is 0.101. The van der Waals surface area contributed by atoms with Gasteiger partial charge in [0.25, 0.3) is 5.91 Å². The second-order valence-corrected chi connectivity index (χ2v) is 8.55. The van der Waals surface area contributed by atoms with E-state index in [9.17, 15) is 19.8 Å². The van der Waals surface area contributed by atoms with Gasteiger partial charge in [-0.3, -0.25) is 14.5 Å². The summed E-state index contributed by atoms with van der Waals surface area (Å²) in [6, 6.07) is 15.7. The zero-order chi connectivity index (χ0) is 21.7. The second kappa shape index (κ2) is 9.88. The molecule has 0 unspecified atom stereocenters. The average Bonchev–Trinajstić information content (AvgIpc) is 2.99. The molecule has 1 saturated heterocycles. The van der Waals surface area contributed by atoms with E-state index in [1.807, 2.05) is 30.3 Å². The van der Waals surface area contributed by atoms with Crippen molar-refractivity contribution in [1.82, 2.24) is 9.80 Å². The summed E-state index contributed by atoms with van der Waals surface area (Å²) in [6.45, 7) is 0.297. The summed E-state index contributed by atoms with van der Waals surface area (Å²) in [5.74, 6) is -0.289. The Morgan fingerprint density at radius 2 is 1.87 bits per heavy atom. The van der Waals surface area contributed by atoms with Crippen LogP contribution in [0.4, 0.5) is 0 Å². The second-order valence-electron chi connectivity index (χ2n) is 6.88. The standard InChI is InChI=1S/C22H22N2O4S2/c1-23(14-18(26)16-7-9-17(25)10-8-16)20(27)11-12-24-21(28)19(30-22(24)29)13-15-5-3-2-4-6-15/h2-10,13,18,25-26H,11-12,14H2,1H3/b19-13+/t18-/m0/s1. The van der Waals surface area contributed by atoms with E-state index in [0.717, 1.165) is 5.56 Å². The van der Waals surface area contributed by atoms with Crippen molar-refractivity contribution in [1.29, 1.82) is 0 Å². The molecule has 156 valence electrons. The number of thiocarbonyl (C=S) groups is 1. The fourth-order valence-corrected chi connectivity index (χ4v) is 4.26. The Hall–Kier alpha value is -2.68. The van der Waals surface area contributed by atoms with Crippen LogP contribution in [0.5, 0.6) is 5.75 Å². The van der Waals surface area contributed by atoms with Gasteiger partial charge in [0, 0.05) is 20.0 Å². The lowest BCUT2D eigenvalue weighted by molar-refractivity contribution is -0.131. The van der Waals surface area contributed by atoms with Crippen molar-refractivity contribution in [3.05, 3.63) is 70.6 Å². The molecular formula is C22H22N2O4S2. The lowest BCUT2D eigenvalue weighted by Crippen LogP contribution is -2.36. The molecule has 0 bridgehead atoms. The number of aliphatic hydroxyl groups excluding tert-OH is 1. The van der Waals surface area contributed by atoms with Crippen LogP contribution in [0.1, 0.15) is 23.7 Å². The minimum atomic E-state index is -0.870. The minimum Gasteiger partial charge on any atom is -0.508 e. The van der Waals surface area contributed by atoms with Crippen LogP contribution in [0.25, 0.3) is 6.08 Å². The predicted octanol–water partition coefficient (Wildman–Crippen LogP) is 3.18. The number of likely N-dealkylation sites (N-methyl/N-ethyl adjacent to an activating group) is 1. The third kappa shape index (κ3) is 5.47. The molecule has 2 N–H and O–H groups in total. The van der Waals surface area contributed by atoms with E-state index in [1.165, 1.54) is 33.7 Å². The number of phenols is 1. The lowest BCUT2D eigenvalue weighted by Gasteiger charge is -2.22. The van der Waals surface area contributed by atoms with E-state index < -0.39 is 6.10 Å². The van der Waals surface area contributed by atoms with Gasteiger partial charge in [0.15, 0.2) is 0 Å². The highest BCUT2D eigenvalue weighted by Crippen LogP contribution is 2.32. The number of hydrogen-bond donors (Lipinski definition) is 2. The van der Waals surface area contributed by atoms with Crippen molar-refractivity contribution in [3.63, 3.8) is 0 Å². The van der Waals surface area contributed by atoms with Gasteiger partial charge in [-0.1, -0.05) is 66.4 Å². The van der Waals surface area contributed by atoms with Gasteiger partial charge in [0.1, 0.15) is 10.1 Å². The van der Waals surface area contributed by atoms with Crippen molar-refractivity contribution in [3.8, 4) is 5.75 Å². The Morgan fingerprint density at radius 1 is 1.20 bits per heavy atom. The Balaban J connectivity index is 1.54. The van der Waals surface area contributed by atoms with Crippen LogP contribution in [-0.2, 0) is 9.59 Å². The molecule has 0 radical (unpaired) electrons. The van der Waals surface area contributed by atoms with Crippen LogP contribution >= 0.6 is 24.0 Å². The molecule has 1 heterocycles. The summed E-state index contributed by atoms with van der Waals surface area (Å²) >= 11 is 6.54. The van der Waals surface area contributed by atoms with Gasteiger partial charge < -0.3 is 15.1 Å². The average molecular weight is 443 g/mol. The molecule has 1 aliphatic rings. The molecule has 2 aromatic carbocycles. The Kier molecular flexibility index (Phi) is 7.25. The third-order valence-corrected chi connectivity index (χ3v) is 6.05. The van der Waals surface area contributed by atoms with Gasteiger partial charge >= 0.3 is 0 Å². The Labute approximate surface area is 184 Å². The molecular weight excluding hydrogens is 420 g/mol. The predicted molar refractivity (Wildman–Crippen MR) is 122 cm³/mol. The molecule has 1 aliphatic heterocycles. The lowest BCUT2D eigenvalue weighted by atomic mass is 10.1. The highest BCUT2D eigenvalue weighted by atomic mass is 32.2. The maximum atomic E-state index is 12.7. The van der Waals surface area contributed by atoms with E-state index in [0.29, 0.717) is 14.8 Å². The van der Waals surface area contributed by atoms with Crippen LogP contribution in [0, 0.1) is 0 Å². The monoisotopic (exact) mass is 442 g/mol. The van der Waals surface area contributed by atoms with Crippen LogP contribution in [0.3, 0.4) is 0 Å². The molecule has 0 aliphatic carbocycles. The smallest absolute Gasteiger partial charge is 0.266 e. The van der Waals surface area contributed by atoms with Crippen LogP contribution in [0.2, 0.25) is 0 Å². The van der Waals surface area contributed by atoms with Crippen molar-refractivity contribution < 1.29 is 19.8 Å². The summed E-state index contributed by atoms with van der Waals surface area (Å²) < 4.78 is 0.432. The topological polar surface area (TPSA) is 81.1 Å². The van der Waals surface area contributed by atoms with Crippen molar-refractivity contribution in [2.45, 2.75) is 12.5 Å². The number of amides is 2. The highest BCUT2D eigenvalue weighted by molar-refractivity contribution is 8.26. The first kappa shape index (κ1) is 22.0. The molecule has 3 rings (SSSR count). The van der Waals surface area contributed by atoms with Gasteiger partial charge in [-0.25, -0.2) is 0 Å². The van der Waals surface area contributed by atoms with Crippen LogP contribution in [-0.4, -0.2) is 56.3 Å². The number of aliphatic hydroxyl groups is 1. The number of aromatic hydroxyl groups is 1. The van der Waals surface area contributed by atoms with Gasteiger partial charge in [-0.15, -0.1) is 0 Å². The van der Waals surface area contributed by atoms with E-state index in [-0.39, 0.29) is 37.1 Å². The highest BCUT2D eigenvalue weighted by Gasteiger charge is 2.32. The first-order valence-electron chi connectivity index (χ1n) is 9.36. The fraction of sp³-hybridized carbons (Fsp3) is 0.227. The number of carbonyl (C=O) groups is 2. The molecule has 1 atom stereocenters. The first-order valence-corrected chi connectivity index (χ1v) is 10.6.